The summed E-state index contributed by atoms with van der Waals surface area (Å²) in [6, 6.07) is -0.731. The fourth-order valence-corrected chi connectivity index (χ4v) is 6.56. The van der Waals surface area contributed by atoms with E-state index in [1.165, 1.54) is 70.6 Å². The number of carbonyl (C=O) groups excluding carboxylic acids is 3. The lowest BCUT2D eigenvalue weighted by Crippen LogP contribution is -2.55. The van der Waals surface area contributed by atoms with Crippen molar-refractivity contribution in [2.75, 3.05) is 41.0 Å². The summed E-state index contributed by atoms with van der Waals surface area (Å²) < 4.78 is 17.2. The normalized spacial score (nSPS) is 13.6. The summed E-state index contributed by atoms with van der Waals surface area (Å²) in [5.74, 6) is -1.76. The van der Waals surface area contributed by atoms with Gasteiger partial charge in [-0.25, -0.2) is 0 Å². The zero-order valence-electron chi connectivity index (χ0n) is 38.4. The molecule has 0 radical (unpaired) electrons. The van der Waals surface area contributed by atoms with Crippen LogP contribution in [0.5, 0.6) is 0 Å². The Morgan fingerprint density at radius 3 is 1.51 bits per heavy atom. The number of allylic oxidation sites excluding steroid dienone is 12. The van der Waals surface area contributed by atoms with Crippen LogP contribution in [0.1, 0.15) is 181 Å². The minimum atomic E-state index is -1.13. The van der Waals surface area contributed by atoms with Gasteiger partial charge in [-0.3, -0.25) is 9.59 Å². The van der Waals surface area contributed by atoms with Crippen LogP contribution in [0.2, 0.25) is 0 Å². The lowest BCUT2D eigenvalue weighted by molar-refractivity contribution is -0.889. The summed E-state index contributed by atoms with van der Waals surface area (Å²) in [6.45, 7) is 4.40. The zero-order valence-corrected chi connectivity index (χ0v) is 38.4. The molecule has 0 aromatic heterocycles. The van der Waals surface area contributed by atoms with Crippen LogP contribution in [0.15, 0.2) is 72.9 Å². The van der Waals surface area contributed by atoms with E-state index < -0.39 is 18.1 Å². The summed E-state index contributed by atoms with van der Waals surface area (Å²) in [5, 5.41) is 11.6. The second-order valence-corrected chi connectivity index (χ2v) is 16.6. The lowest BCUT2D eigenvalue weighted by atomic mass is 10.0. The smallest absolute Gasteiger partial charge is 0.306 e. The van der Waals surface area contributed by atoms with Crippen molar-refractivity contribution in [1.29, 1.82) is 0 Å². The van der Waals surface area contributed by atoms with Gasteiger partial charge in [0.2, 0.25) is 0 Å². The summed E-state index contributed by atoms with van der Waals surface area (Å²) in [4.78, 5) is 36.9. The fourth-order valence-electron chi connectivity index (χ4n) is 6.56. The van der Waals surface area contributed by atoms with Crippen molar-refractivity contribution in [3.05, 3.63) is 72.9 Å². The van der Waals surface area contributed by atoms with Crippen LogP contribution in [-0.2, 0) is 28.6 Å². The van der Waals surface area contributed by atoms with Gasteiger partial charge in [0.15, 0.2) is 6.10 Å². The molecule has 338 valence electrons. The van der Waals surface area contributed by atoms with Crippen molar-refractivity contribution in [3.63, 3.8) is 0 Å². The number of carboxylic acid groups (broad SMARTS) is 1. The van der Waals surface area contributed by atoms with E-state index in [0.29, 0.717) is 12.8 Å². The predicted octanol–water partition coefficient (Wildman–Crippen LogP) is 11.8. The number of hydrogen-bond acceptors (Lipinski definition) is 7. The molecule has 8 heteroatoms. The predicted molar refractivity (Wildman–Crippen MR) is 245 cm³/mol. The van der Waals surface area contributed by atoms with Crippen molar-refractivity contribution in [3.8, 4) is 0 Å². The molecule has 8 nitrogen and oxygen atoms in total. The molecule has 0 rings (SSSR count). The molecule has 2 unspecified atom stereocenters. The molecule has 0 amide bonds. The first-order chi connectivity index (χ1) is 28.6. The first-order valence-corrected chi connectivity index (χ1v) is 23.5. The maximum Gasteiger partial charge on any atom is 0.306 e. The summed E-state index contributed by atoms with van der Waals surface area (Å²) in [5.41, 5.74) is 0. The van der Waals surface area contributed by atoms with Crippen LogP contribution in [0.3, 0.4) is 0 Å². The van der Waals surface area contributed by atoms with Gasteiger partial charge in [0.25, 0.3) is 0 Å². The number of esters is 2. The number of ether oxygens (including phenoxy) is 3. The second kappa shape index (κ2) is 41.5. The van der Waals surface area contributed by atoms with E-state index in [1.807, 2.05) is 0 Å². The molecule has 0 spiro atoms. The minimum Gasteiger partial charge on any atom is -0.544 e. The molecule has 0 heterocycles. The number of likely N-dealkylation sites (N-methyl/N-ethyl adjacent to an activating group) is 1. The monoisotopic (exact) mass is 826 g/mol. The molecule has 0 saturated carbocycles. The Morgan fingerprint density at radius 2 is 0.983 bits per heavy atom. The Morgan fingerprint density at radius 1 is 0.525 bits per heavy atom. The quantitative estimate of drug-likeness (QED) is 0.0199. The van der Waals surface area contributed by atoms with Gasteiger partial charge in [-0.1, -0.05) is 170 Å². The van der Waals surface area contributed by atoms with Gasteiger partial charge in [-0.15, -0.1) is 0 Å². The number of quaternary nitrogens is 1. The SMILES string of the molecule is CC/C=C/C=C/C=C/CCCCCCCCCC(=O)OCC(COCCC(C(=O)[O-])[N+](C)(C)C)OC(=O)CCCCCCCCCCCC/C=C/C/C=C/C/C=C/CC. The molecule has 0 bridgehead atoms. The van der Waals surface area contributed by atoms with Gasteiger partial charge >= 0.3 is 11.9 Å². The Bertz CT molecular complexity index is 1190. The van der Waals surface area contributed by atoms with E-state index in [0.717, 1.165) is 77.0 Å². The molecule has 0 aromatic carbocycles. The van der Waals surface area contributed by atoms with Crippen molar-refractivity contribution in [2.45, 2.75) is 193 Å². The van der Waals surface area contributed by atoms with E-state index >= 15 is 0 Å². The van der Waals surface area contributed by atoms with Gasteiger partial charge in [0.1, 0.15) is 12.6 Å². The highest BCUT2D eigenvalue weighted by Crippen LogP contribution is 2.14. The van der Waals surface area contributed by atoms with E-state index in [9.17, 15) is 19.5 Å². The average Bonchev–Trinajstić information content (AvgIpc) is 3.19. The van der Waals surface area contributed by atoms with Crippen LogP contribution >= 0.6 is 0 Å². The van der Waals surface area contributed by atoms with Crippen LogP contribution in [0, 0.1) is 0 Å². The molecular weight excluding hydrogens is 739 g/mol. The number of hydrogen-bond donors (Lipinski definition) is 0. The molecule has 0 aliphatic rings. The molecule has 0 aromatic rings. The molecular formula is C51H87NO7. The Labute approximate surface area is 361 Å². The standard InChI is InChI=1S/C51H87NO7/c1-6-8-10-12-14-16-18-20-22-23-24-25-26-28-30-32-34-36-38-40-42-50(54)59-47(45-57-44-43-48(51(55)56)52(3,4)5)46-58-49(53)41-39-37-35-33-31-29-27-21-19-17-15-13-11-9-7-2/h8-11,13-17,19-20,22,47-48H,6-7,12,18,21,23-46H2,1-5H3/b10-8+,11-9+,15-13+,16-14+,19-17+,22-20+. The molecule has 0 saturated heterocycles. The average molecular weight is 826 g/mol. The topological polar surface area (TPSA) is 102 Å². The van der Waals surface area contributed by atoms with Crippen molar-refractivity contribution < 1.29 is 38.2 Å². The molecule has 2 atom stereocenters. The van der Waals surface area contributed by atoms with Crippen molar-refractivity contribution in [2.24, 2.45) is 0 Å². The van der Waals surface area contributed by atoms with Crippen LogP contribution in [-0.4, -0.2) is 75.5 Å². The number of carbonyl (C=O) groups is 3. The highest BCUT2D eigenvalue weighted by Gasteiger charge is 2.25. The maximum absolute atomic E-state index is 12.8. The Balaban J connectivity index is 4.31. The number of rotatable bonds is 41. The second-order valence-electron chi connectivity index (χ2n) is 16.6. The van der Waals surface area contributed by atoms with E-state index in [4.69, 9.17) is 14.2 Å². The molecule has 0 N–H and O–H groups in total. The molecule has 0 aliphatic carbocycles. The minimum absolute atomic E-state index is 0.0322. The zero-order chi connectivity index (χ0) is 43.5. The molecule has 0 fully saturated rings. The number of aliphatic carboxylic acids is 1. The van der Waals surface area contributed by atoms with Gasteiger partial charge in [0.05, 0.1) is 40.3 Å². The maximum atomic E-state index is 12.8. The third-order valence-electron chi connectivity index (χ3n) is 10.1. The summed E-state index contributed by atoms with van der Waals surface area (Å²) in [6.07, 6.45) is 52.1. The van der Waals surface area contributed by atoms with E-state index in [2.05, 4.69) is 86.8 Å². The van der Waals surface area contributed by atoms with E-state index in [-0.39, 0.29) is 42.7 Å². The molecule has 0 aliphatic heterocycles. The van der Waals surface area contributed by atoms with Gasteiger partial charge in [-0.2, -0.15) is 0 Å². The number of unbranched alkanes of at least 4 members (excludes halogenated alkanes) is 17. The Hall–Kier alpha value is -3.23. The van der Waals surface area contributed by atoms with Crippen molar-refractivity contribution in [1.82, 2.24) is 0 Å². The number of nitrogens with zero attached hydrogens (tertiary/aromatic N) is 1. The van der Waals surface area contributed by atoms with Crippen LogP contribution in [0.25, 0.3) is 0 Å². The highest BCUT2D eigenvalue weighted by atomic mass is 16.6. The highest BCUT2D eigenvalue weighted by molar-refractivity contribution is 5.70. The van der Waals surface area contributed by atoms with Crippen LogP contribution < -0.4 is 5.11 Å². The first kappa shape index (κ1) is 55.8. The van der Waals surface area contributed by atoms with Gasteiger partial charge < -0.3 is 28.6 Å². The first-order valence-electron chi connectivity index (χ1n) is 23.5. The van der Waals surface area contributed by atoms with Crippen LogP contribution in [0.4, 0.5) is 0 Å². The lowest BCUT2D eigenvalue weighted by Gasteiger charge is -2.34. The van der Waals surface area contributed by atoms with Crippen molar-refractivity contribution >= 4 is 17.9 Å². The third-order valence-corrected chi connectivity index (χ3v) is 10.1. The largest absolute Gasteiger partial charge is 0.544 e. The Kier molecular flexibility index (Phi) is 39.2. The summed E-state index contributed by atoms with van der Waals surface area (Å²) in [7, 11) is 5.40. The van der Waals surface area contributed by atoms with E-state index in [1.54, 1.807) is 21.1 Å². The summed E-state index contributed by atoms with van der Waals surface area (Å²) >= 11 is 0. The fraction of sp³-hybridized carbons (Fsp3) is 0.706. The third kappa shape index (κ3) is 40.0. The van der Waals surface area contributed by atoms with Gasteiger partial charge in [-0.05, 0) is 64.2 Å². The van der Waals surface area contributed by atoms with Gasteiger partial charge in [0, 0.05) is 19.3 Å². The molecule has 59 heavy (non-hydrogen) atoms. The number of carboxylic acids is 1.